The van der Waals surface area contributed by atoms with Crippen LogP contribution in [0.4, 0.5) is 0 Å². The molecule has 0 bridgehead atoms. The van der Waals surface area contributed by atoms with Crippen LogP contribution in [-0.2, 0) is 27.6 Å². The second-order valence-electron chi connectivity index (χ2n) is 6.81. The molecule has 7 nitrogen and oxygen atoms in total. The van der Waals surface area contributed by atoms with Crippen molar-refractivity contribution in [3.63, 3.8) is 0 Å². The standard InChI is InChI=1S/C16H28N4O3S/c1-3-12-10-13-4-5-15(19-24(2,21)22)16(20(13)18-12)11-23-14-6-8-17-9-7-14/h10,14-17,19H,3-9,11H2,1-2H3/t15-,16-/m0/s1. The summed E-state index contributed by atoms with van der Waals surface area (Å²) in [6, 6.07) is 1.88. The summed E-state index contributed by atoms with van der Waals surface area (Å²) in [5, 5.41) is 8.01. The third-order valence-corrected chi connectivity index (χ3v) is 5.60. The molecule has 0 amide bonds. The fraction of sp³-hybridized carbons (Fsp3) is 0.812. The number of sulfonamides is 1. The number of aromatic nitrogens is 2. The molecule has 2 N–H and O–H groups in total. The Morgan fingerprint density at radius 1 is 1.38 bits per heavy atom. The van der Waals surface area contributed by atoms with E-state index in [4.69, 9.17) is 4.74 Å². The molecular formula is C16H28N4O3S. The molecule has 1 fully saturated rings. The molecule has 0 spiro atoms. The summed E-state index contributed by atoms with van der Waals surface area (Å²) in [5.74, 6) is 0. The van der Waals surface area contributed by atoms with Crippen LogP contribution in [-0.4, -0.2) is 56.3 Å². The van der Waals surface area contributed by atoms with Gasteiger partial charge in [0.2, 0.25) is 10.0 Å². The maximum Gasteiger partial charge on any atom is 0.209 e. The lowest BCUT2D eigenvalue weighted by Gasteiger charge is -2.34. The summed E-state index contributed by atoms with van der Waals surface area (Å²) in [5.41, 5.74) is 2.23. The Balaban J connectivity index is 1.76. The van der Waals surface area contributed by atoms with E-state index in [0.717, 1.165) is 50.9 Å². The molecule has 0 radical (unpaired) electrons. The first-order chi connectivity index (χ1) is 11.5. The summed E-state index contributed by atoms with van der Waals surface area (Å²) in [6.45, 7) is 4.54. The van der Waals surface area contributed by atoms with Crippen molar-refractivity contribution in [2.45, 2.75) is 57.2 Å². The van der Waals surface area contributed by atoms with Crippen LogP contribution in [0.25, 0.3) is 0 Å². The van der Waals surface area contributed by atoms with E-state index in [1.54, 1.807) is 0 Å². The second-order valence-corrected chi connectivity index (χ2v) is 8.59. The minimum Gasteiger partial charge on any atom is -0.376 e. The Morgan fingerprint density at radius 2 is 2.12 bits per heavy atom. The predicted molar refractivity (Wildman–Crippen MR) is 92.6 cm³/mol. The lowest BCUT2D eigenvalue weighted by Crippen LogP contribution is -2.46. The van der Waals surface area contributed by atoms with Gasteiger partial charge in [-0.15, -0.1) is 0 Å². The number of piperidine rings is 1. The number of fused-ring (bicyclic) bond motifs is 1. The molecule has 0 aromatic carbocycles. The van der Waals surface area contributed by atoms with Crippen LogP contribution in [0, 0.1) is 0 Å². The van der Waals surface area contributed by atoms with Crippen molar-refractivity contribution in [1.29, 1.82) is 0 Å². The normalized spacial score (nSPS) is 25.6. The number of hydrogen-bond acceptors (Lipinski definition) is 5. The van der Waals surface area contributed by atoms with Crippen LogP contribution in [0.15, 0.2) is 6.07 Å². The fourth-order valence-electron chi connectivity index (χ4n) is 3.60. The van der Waals surface area contributed by atoms with E-state index in [-0.39, 0.29) is 18.2 Å². The number of aryl methyl sites for hydroxylation is 2. The molecule has 1 saturated heterocycles. The van der Waals surface area contributed by atoms with Gasteiger partial charge in [0.05, 0.1) is 30.7 Å². The highest BCUT2D eigenvalue weighted by Crippen LogP contribution is 2.27. The molecule has 0 aliphatic carbocycles. The molecule has 2 atom stereocenters. The first kappa shape index (κ1) is 17.8. The van der Waals surface area contributed by atoms with Gasteiger partial charge in [-0.05, 0) is 51.3 Å². The van der Waals surface area contributed by atoms with Crippen molar-refractivity contribution >= 4 is 10.0 Å². The van der Waals surface area contributed by atoms with Crippen molar-refractivity contribution < 1.29 is 13.2 Å². The van der Waals surface area contributed by atoms with Crippen LogP contribution >= 0.6 is 0 Å². The predicted octanol–water partition coefficient (Wildman–Crippen LogP) is 0.619. The molecule has 2 aliphatic rings. The molecule has 3 rings (SSSR count). The van der Waals surface area contributed by atoms with Gasteiger partial charge < -0.3 is 10.1 Å². The average Bonchev–Trinajstić information content (AvgIpc) is 2.97. The largest absolute Gasteiger partial charge is 0.376 e. The molecule has 3 heterocycles. The Hall–Kier alpha value is -0.960. The minimum absolute atomic E-state index is 0.0846. The molecular weight excluding hydrogens is 328 g/mol. The number of nitrogens with zero attached hydrogens (tertiary/aromatic N) is 2. The summed E-state index contributed by atoms with van der Waals surface area (Å²) < 4.78 is 34.4. The highest BCUT2D eigenvalue weighted by molar-refractivity contribution is 7.88. The highest BCUT2D eigenvalue weighted by Gasteiger charge is 2.33. The lowest BCUT2D eigenvalue weighted by molar-refractivity contribution is 0.00304. The van der Waals surface area contributed by atoms with Gasteiger partial charge in [-0.3, -0.25) is 4.68 Å². The maximum atomic E-state index is 11.7. The van der Waals surface area contributed by atoms with Gasteiger partial charge in [0, 0.05) is 11.7 Å². The zero-order chi connectivity index (χ0) is 17.2. The Bertz CT molecular complexity index is 652. The van der Waals surface area contributed by atoms with Crippen LogP contribution in [0.2, 0.25) is 0 Å². The van der Waals surface area contributed by atoms with E-state index in [9.17, 15) is 8.42 Å². The van der Waals surface area contributed by atoms with Gasteiger partial charge in [-0.2, -0.15) is 5.10 Å². The first-order valence-corrected chi connectivity index (χ1v) is 10.7. The van der Waals surface area contributed by atoms with Crippen molar-refractivity contribution in [3.05, 3.63) is 17.5 Å². The Labute approximate surface area is 144 Å². The van der Waals surface area contributed by atoms with E-state index in [2.05, 4.69) is 28.1 Å². The monoisotopic (exact) mass is 356 g/mol. The molecule has 1 aromatic rings. The van der Waals surface area contributed by atoms with Crippen LogP contribution in [0.3, 0.4) is 0 Å². The quantitative estimate of drug-likeness (QED) is 0.780. The molecule has 2 aliphatic heterocycles. The summed E-state index contributed by atoms with van der Waals surface area (Å²) in [7, 11) is -3.26. The van der Waals surface area contributed by atoms with Crippen molar-refractivity contribution in [1.82, 2.24) is 19.8 Å². The maximum absolute atomic E-state index is 11.7. The van der Waals surface area contributed by atoms with Crippen LogP contribution < -0.4 is 10.0 Å². The number of nitrogens with one attached hydrogen (secondary N) is 2. The zero-order valence-corrected chi connectivity index (χ0v) is 15.3. The van der Waals surface area contributed by atoms with Crippen LogP contribution in [0.1, 0.15) is 43.6 Å². The first-order valence-electron chi connectivity index (χ1n) is 8.83. The van der Waals surface area contributed by atoms with E-state index >= 15 is 0 Å². The summed E-state index contributed by atoms with van der Waals surface area (Å²) in [4.78, 5) is 0. The van der Waals surface area contributed by atoms with E-state index in [0.29, 0.717) is 6.61 Å². The van der Waals surface area contributed by atoms with Gasteiger partial charge in [0.15, 0.2) is 0 Å². The smallest absolute Gasteiger partial charge is 0.209 e. The summed E-state index contributed by atoms with van der Waals surface area (Å²) >= 11 is 0. The van der Waals surface area contributed by atoms with Gasteiger partial charge in [-0.1, -0.05) is 6.92 Å². The molecule has 0 saturated carbocycles. The van der Waals surface area contributed by atoms with E-state index in [1.165, 1.54) is 11.9 Å². The summed E-state index contributed by atoms with van der Waals surface area (Å²) in [6.07, 6.45) is 5.97. The van der Waals surface area contributed by atoms with E-state index in [1.807, 2.05) is 4.68 Å². The Morgan fingerprint density at radius 3 is 2.79 bits per heavy atom. The second kappa shape index (κ2) is 7.51. The molecule has 136 valence electrons. The van der Waals surface area contributed by atoms with Crippen LogP contribution in [0.5, 0.6) is 0 Å². The topological polar surface area (TPSA) is 85.2 Å². The van der Waals surface area contributed by atoms with Gasteiger partial charge in [0.1, 0.15) is 0 Å². The van der Waals surface area contributed by atoms with E-state index < -0.39 is 10.0 Å². The van der Waals surface area contributed by atoms with Gasteiger partial charge >= 0.3 is 0 Å². The molecule has 8 heteroatoms. The third kappa shape index (κ3) is 4.36. The van der Waals surface area contributed by atoms with Crippen molar-refractivity contribution in [3.8, 4) is 0 Å². The van der Waals surface area contributed by atoms with Crippen molar-refractivity contribution in [2.75, 3.05) is 26.0 Å². The molecule has 0 unspecified atom stereocenters. The SMILES string of the molecule is CCc1cc2n(n1)[C@@H](COC1CCNCC1)[C@@H](NS(C)(=O)=O)CC2. The number of ether oxygens (including phenoxy) is 1. The number of rotatable bonds is 6. The molecule has 1 aromatic heterocycles. The fourth-order valence-corrected chi connectivity index (χ4v) is 4.42. The number of hydrogen-bond donors (Lipinski definition) is 2. The highest BCUT2D eigenvalue weighted by atomic mass is 32.2. The van der Waals surface area contributed by atoms with Gasteiger partial charge in [0.25, 0.3) is 0 Å². The van der Waals surface area contributed by atoms with Gasteiger partial charge in [-0.25, -0.2) is 13.1 Å². The lowest BCUT2D eigenvalue weighted by atomic mass is 9.98. The minimum atomic E-state index is -3.26. The Kier molecular flexibility index (Phi) is 5.59. The zero-order valence-electron chi connectivity index (χ0n) is 14.5. The third-order valence-electron chi connectivity index (χ3n) is 4.87. The molecule has 24 heavy (non-hydrogen) atoms. The average molecular weight is 356 g/mol. The van der Waals surface area contributed by atoms with Crippen molar-refractivity contribution in [2.24, 2.45) is 0 Å².